The molecule has 0 spiro atoms. The number of carbonyl (C=O) groups is 2. The third-order valence-corrected chi connectivity index (χ3v) is 2.68. The van der Waals surface area contributed by atoms with Crippen LogP contribution in [-0.4, -0.2) is 71.2 Å². The molecule has 0 aromatic heterocycles. The van der Waals surface area contributed by atoms with Gasteiger partial charge in [0.05, 0.1) is 40.1 Å². The number of terminal acetylenes is 1. The van der Waals surface area contributed by atoms with Crippen molar-refractivity contribution in [3.63, 3.8) is 0 Å². The van der Waals surface area contributed by atoms with E-state index < -0.39 is 12.0 Å². The summed E-state index contributed by atoms with van der Waals surface area (Å²) in [5, 5.41) is 2.67. The van der Waals surface area contributed by atoms with Gasteiger partial charge in [-0.2, -0.15) is 0 Å². The number of rotatable bonds is 14. The number of carbonyl (C=O) groups excluding carboxylic acids is 2. The van der Waals surface area contributed by atoms with E-state index in [9.17, 15) is 9.59 Å². The van der Waals surface area contributed by atoms with Crippen LogP contribution < -0.4 is 11.1 Å². The standard InChI is InChI=1S/C15H26N2O6/c1-3-7-21-9-11-23-12-10-22-8-6-17-14(18)5-4-13(16)15(19)20-2/h1,13H,4-12,16H2,2H3,(H,17,18)/t13-/m0/s1. The predicted octanol–water partition coefficient (Wildman–Crippen LogP) is -0.934. The average Bonchev–Trinajstić information content (AvgIpc) is 2.56. The lowest BCUT2D eigenvalue weighted by atomic mass is 10.1. The molecule has 0 aromatic carbocycles. The van der Waals surface area contributed by atoms with Gasteiger partial charge in [-0.1, -0.05) is 5.92 Å². The van der Waals surface area contributed by atoms with Crippen LogP contribution in [-0.2, 0) is 28.5 Å². The molecule has 0 fully saturated rings. The second-order valence-corrected chi connectivity index (χ2v) is 4.50. The van der Waals surface area contributed by atoms with Crippen molar-refractivity contribution in [1.29, 1.82) is 0 Å². The van der Waals surface area contributed by atoms with Gasteiger partial charge in [0, 0.05) is 13.0 Å². The predicted molar refractivity (Wildman–Crippen MR) is 83.5 cm³/mol. The van der Waals surface area contributed by atoms with Crippen LogP contribution in [0.5, 0.6) is 0 Å². The minimum Gasteiger partial charge on any atom is -0.468 e. The largest absolute Gasteiger partial charge is 0.468 e. The van der Waals surface area contributed by atoms with Gasteiger partial charge in [0.2, 0.25) is 5.91 Å². The maximum absolute atomic E-state index is 11.5. The molecule has 0 rings (SSSR count). The van der Waals surface area contributed by atoms with Crippen molar-refractivity contribution in [1.82, 2.24) is 5.32 Å². The molecule has 8 nitrogen and oxygen atoms in total. The van der Waals surface area contributed by atoms with Gasteiger partial charge in [-0.3, -0.25) is 9.59 Å². The van der Waals surface area contributed by atoms with Crippen LogP contribution in [0.3, 0.4) is 0 Å². The van der Waals surface area contributed by atoms with Gasteiger partial charge in [-0.25, -0.2) is 0 Å². The zero-order valence-electron chi connectivity index (χ0n) is 13.5. The average molecular weight is 330 g/mol. The van der Waals surface area contributed by atoms with Gasteiger partial charge in [0.1, 0.15) is 12.6 Å². The first-order chi connectivity index (χ1) is 11.1. The smallest absolute Gasteiger partial charge is 0.322 e. The van der Waals surface area contributed by atoms with E-state index >= 15 is 0 Å². The number of hydrogen-bond acceptors (Lipinski definition) is 7. The monoisotopic (exact) mass is 330 g/mol. The molecule has 0 aliphatic heterocycles. The Hall–Kier alpha value is -1.66. The second kappa shape index (κ2) is 15.2. The molecule has 0 saturated heterocycles. The van der Waals surface area contributed by atoms with E-state index in [1.807, 2.05) is 0 Å². The Balaban J connectivity index is 3.33. The number of amides is 1. The van der Waals surface area contributed by atoms with Gasteiger partial charge < -0.3 is 30.0 Å². The van der Waals surface area contributed by atoms with E-state index in [2.05, 4.69) is 16.0 Å². The Morgan fingerprint density at radius 2 is 1.74 bits per heavy atom. The van der Waals surface area contributed by atoms with Crippen molar-refractivity contribution in [2.75, 3.05) is 53.3 Å². The molecule has 8 heteroatoms. The first-order valence-electron chi connectivity index (χ1n) is 7.38. The molecule has 0 bridgehead atoms. The lowest BCUT2D eigenvalue weighted by Crippen LogP contribution is -2.34. The number of nitrogens with two attached hydrogens (primary N) is 1. The molecule has 0 radical (unpaired) electrons. The van der Waals surface area contributed by atoms with Crippen molar-refractivity contribution in [3.8, 4) is 12.3 Å². The summed E-state index contributed by atoms with van der Waals surface area (Å²) >= 11 is 0. The molecule has 1 amide bonds. The Kier molecular flexibility index (Phi) is 14.1. The molecule has 0 aliphatic rings. The molecule has 1 atom stereocenters. The number of methoxy groups -OCH3 is 1. The first-order valence-corrected chi connectivity index (χ1v) is 7.38. The van der Waals surface area contributed by atoms with Crippen LogP contribution in [0, 0.1) is 12.3 Å². The molecule has 23 heavy (non-hydrogen) atoms. The number of esters is 1. The zero-order chi connectivity index (χ0) is 17.3. The Morgan fingerprint density at radius 1 is 1.13 bits per heavy atom. The molecule has 3 N–H and O–H groups in total. The third-order valence-electron chi connectivity index (χ3n) is 2.68. The summed E-state index contributed by atoms with van der Waals surface area (Å²) in [7, 11) is 1.26. The van der Waals surface area contributed by atoms with E-state index in [4.69, 9.17) is 26.4 Å². The highest BCUT2D eigenvalue weighted by Crippen LogP contribution is 1.96. The summed E-state index contributed by atoms with van der Waals surface area (Å²) < 4.78 is 20.0. The topological polar surface area (TPSA) is 109 Å². The van der Waals surface area contributed by atoms with Crippen molar-refractivity contribution in [2.45, 2.75) is 18.9 Å². The van der Waals surface area contributed by atoms with Crippen molar-refractivity contribution < 1.29 is 28.5 Å². The molecule has 0 aliphatic carbocycles. The normalized spacial score (nSPS) is 11.5. The Bertz CT molecular complexity index is 369. The van der Waals surface area contributed by atoms with E-state index in [1.165, 1.54) is 7.11 Å². The summed E-state index contributed by atoms with van der Waals surface area (Å²) in [6, 6.07) is -0.774. The molecule has 0 unspecified atom stereocenters. The second-order valence-electron chi connectivity index (χ2n) is 4.50. The SMILES string of the molecule is C#CCOCCOCCOCCNC(=O)CC[C@H](N)C(=O)OC. The molecular weight excluding hydrogens is 304 g/mol. The quantitative estimate of drug-likeness (QED) is 0.240. The maximum Gasteiger partial charge on any atom is 0.322 e. The van der Waals surface area contributed by atoms with Crippen molar-refractivity contribution in [2.24, 2.45) is 5.73 Å². The van der Waals surface area contributed by atoms with E-state index in [-0.39, 0.29) is 25.4 Å². The zero-order valence-corrected chi connectivity index (χ0v) is 13.5. The van der Waals surface area contributed by atoms with Crippen LogP contribution in [0.4, 0.5) is 0 Å². The molecule has 0 aromatic rings. The Labute approximate surface area is 137 Å². The van der Waals surface area contributed by atoms with Gasteiger partial charge in [-0.05, 0) is 6.42 Å². The highest BCUT2D eigenvalue weighted by Gasteiger charge is 2.14. The summed E-state index contributed by atoms with van der Waals surface area (Å²) in [4.78, 5) is 22.5. The molecular formula is C15H26N2O6. The summed E-state index contributed by atoms with van der Waals surface area (Å²) in [6.45, 7) is 2.84. The highest BCUT2D eigenvalue weighted by atomic mass is 16.5. The fraction of sp³-hybridized carbons (Fsp3) is 0.733. The van der Waals surface area contributed by atoms with E-state index in [0.717, 1.165) is 0 Å². The highest BCUT2D eigenvalue weighted by molar-refractivity contribution is 5.79. The lowest BCUT2D eigenvalue weighted by molar-refractivity contribution is -0.142. The number of hydrogen-bond donors (Lipinski definition) is 2. The fourth-order valence-electron chi connectivity index (χ4n) is 1.48. The summed E-state index contributed by atoms with van der Waals surface area (Å²) in [5.74, 6) is 1.65. The minimum atomic E-state index is -0.774. The van der Waals surface area contributed by atoms with Gasteiger partial charge in [-0.15, -0.1) is 6.42 Å². The lowest BCUT2D eigenvalue weighted by Gasteiger charge is -2.09. The van der Waals surface area contributed by atoms with Crippen LogP contribution in [0.2, 0.25) is 0 Å². The van der Waals surface area contributed by atoms with Crippen molar-refractivity contribution >= 4 is 11.9 Å². The maximum atomic E-state index is 11.5. The molecule has 0 heterocycles. The fourth-order valence-corrected chi connectivity index (χ4v) is 1.48. The van der Waals surface area contributed by atoms with Crippen LogP contribution in [0.15, 0.2) is 0 Å². The summed E-state index contributed by atoms with van der Waals surface area (Å²) in [6.07, 6.45) is 5.43. The van der Waals surface area contributed by atoms with E-state index in [1.54, 1.807) is 0 Å². The van der Waals surface area contributed by atoms with Crippen LogP contribution >= 0.6 is 0 Å². The van der Waals surface area contributed by atoms with Gasteiger partial charge in [0.15, 0.2) is 0 Å². The van der Waals surface area contributed by atoms with Gasteiger partial charge >= 0.3 is 5.97 Å². The van der Waals surface area contributed by atoms with Crippen molar-refractivity contribution in [3.05, 3.63) is 0 Å². The minimum absolute atomic E-state index is 0.164. The first kappa shape index (κ1) is 21.3. The third kappa shape index (κ3) is 13.7. The summed E-state index contributed by atoms with van der Waals surface area (Å²) in [5.41, 5.74) is 5.53. The van der Waals surface area contributed by atoms with Crippen LogP contribution in [0.1, 0.15) is 12.8 Å². The molecule has 132 valence electrons. The molecule has 0 saturated carbocycles. The number of ether oxygens (including phenoxy) is 4. The van der Waals surface area contributed by atoms with Gasteiger partial charge in [0.25, 0.3) is 0 Å². The van der Waals surface area contributed by atoms with Crippen LogP contribution in [0.25, 0.3) is 0 Å². The number of nitrogens with one attached hydrogen (secondary N) is 1. The van der Waals surface area contributed by atoms with E-state index in [0.29, 0.717) is 39.6 Å². The Morgan fingerprint density at radius 3 is 2.35 bits per heavy atom.